The largest absolute Gasteiger partial charge is 0.464 e. The molecule has 0 aliphatic carbocycles. The lowest BCUT2D eigenvalue weighted by Gasteiger charge is -2.23. The van der Waals surface area contributed by atoms with Gasteiger partial charge in [0.15, 0.2) is 0 Å². The number of aromatic nitrogens is 1. The van der Waals surface area contributed by atoms with Gasteiger partial charge in [-0.2, -0.15) is 0 Å². The monoisotopic (exact) mass is 320 g/mol. The number of ether oxygens (including phenoxy) is 1. The second-order valence-corrected chi connectivity index (χ2v) is 7.04. The van der Waals surface area contributed by atoms with E-state index in [9.17, 15) is 13.2 Å². The van der Waals surface area contributed by atoms with Gasteiger partial charge in [0.2, 0.25) is 0 Å². The number of para-hydroxylation sites is 1. The lowest BCUT2D eigenvalue weighted by Crippen LogP contribution is -2.35. The van der Waals surface area contributed by atoms with E-state index in [-0.39, 0.29) is 16.6 Å². The van der Waals surface area contributed by atoms with Gasteiger partial charge in [-0.15, -0.1) is 0 Å². The lowest BCUT2D eigenvalue weighted by molar-refractivity contribution is 0.0595. The van der Waals surface area contributed by atoms with Crippen LogP contribution in [0, 0.1) is 0 Å². The molecule has 116 valence electrons. The molecule has 1 aromatic carbocycles. The molecule has 2 aromatic rings. The molecule has 7 heteroatoms. The van der Waals surface area contributed by atoms with Crippen LogP contribution in [0.1, 0.15) is 23.0 Å². The van der Waals surface area contributed by atoms with E-state index >= 15 is 0 Å². The zero-order valence-corrected chi connectivity index (χ0v) is 13.1. The van der Waals surface area contributed by atoms with Crippen molar-refractivity contribution in [3.8, 4) is 0 Å². The highest BCUT2D eigenvalue weighted by atomic mass is 32.2. The zero-order valence-electron chi connectivity index (χ0n) is 12.2. The molecule has 1 aliphatic heterocycles. The third kappa shape index (κ3) is 2.18. The first-order valence-corrected chi connectivity index (χ1v) is 8.28. The van der Waals surface area contributed by atoms with Crippen molar-refractivity contribution in [1.82, 2.24) is 4.98 Å². The molecule has 1 aromatic heterocycles. The Balaban J connectivity index is 2.03. The second kappa shape index (κ2) is 5.17. The quantitative estimate of drug-likeness (QED) is 0.877. The van der Waals surface area contributed by atoms with Gasteiger partial charge in [-0.05, 0) is 31.0 Å². The maximum atomic E-state index is 12.9. The molecular formula is C15H16N2O4S. The average Bonchev–Trinajstić information content (AvgIpc) is 3.10. The minimum absolute atomic E-state index is 0.0523. The van der Waals surface area contributed by atoms with Gasteiger partial charge in [0.25, 0.3) is 10.0 Å². The number of carbonyl (C=O) groups excluding carboxylic acids is 1. The van der Waals surface area contributed by atoms with Crippen LogP contribution >= 0.6 is 0 Å². The molecule has 3 rings (SSSR count). The normalized spacial score (nSPS) is 17.4. The van der Waals surface area contributed by atoms with Crippen molar-refractivity contribution in [3.05, 3.63) is 47.8 Å². The van der Waals surface area contributed by atoms with Crippen molar-refractivity contribution in [2.45, 2.75) is 24.3 Å². The molecule has 0 unspecified atom stereocenters. The Hall–Kier alpha value is -2.28. The van der Waals surface area contributed by atoms with E-state index in [0.29, 0.717) is 12.1 Å². The predicted molar refractivity (Wildman–Crippen MR) is 81.4 cm³/mol. The Kier molecular flexibility index (Phi) is 3.44. The smallest absolute Gasteiger partial charge is 0.354 e. The first-order chi connectivity index (χ1) is 10.4. The molecule has 0 saturated carbocycles. The van der Waals surface area contributed by atoms with Gasteiger partial charge in [-0.25, -0.2) is 13.2 Å². The van der Waals surface area contributed by atoms with Crippen LogP contribution in [0.2, 0.25) is 0 Å². The van der Waals surface area contributed by atoms with E-state index in [0.717, 1.165) is 5.56 Å². The molecule has 0 amide bonds. The number of nitrogens with one attached hydrogen (secondary N) is 1. The summed E-state index contributed by atoms with van der Waals surface area (Å²) in [5.74, 6) is -0.601. The van der Waals surface area contributed by atoms with Crippen LogP contribution in [0.4, 0.5) is 5.69 Å². The molecule has 0 bridgehead atoms. The SMILES string of the molecule is COC(=O)c1cc(S(=O)(=O)N2c3ccccc3C[C@@H]2C)c[nH]1. The summed E-state index contributed by atoms with van der Waals surface area (Å²) < 4.78 is 31.8. The van der Waals surface area contributed by atoms with Crippen molar-refractivity contribution < 1.29 is 17.9 Å². The molecule has 0 fully saturated rings. The van der Waals surface area contributed by atoms with Crippen LogP contribution in [0.15, 0.2) is 41.4 Å². The van der Waals surface area contributed by atoms with Crippen LogP contribution in [0.25, 0.3) is 0 Å². The van der Waals surface area contributed by atoms with Crippen molar-refractivity contribution in [2.24, 2.45) is 0 Å². The number of hydrogen-bond donors (Lipinski definition) is 1. The summed E-state index contributed by atoms with van der Waals surface area (Å²) in [5, 5.41) is 0. The summed E-state index contributed by atoms with van der Waals surface area (Å²) in [7, 11) is -2.48. The van der Waals surface area contributed by atoms with Crippen LogP contribution in [-0.4, -0.2) is 32.5 Å². The molecule has 1 aliphatic rings. The first kappa shape index (κ1) is 14.6. The predicted octanol–water partition coefficient (Wildman–Crippen LogP) is 1.94. The number of rotatable bonds is 3. The number of aromatic amines is 1. The molecule has 22 heavy (non-hydrogen) atoms. The Morgan fingerprint density at radius 1 is 1.36 bits per heavy atom. The van der Waals surface area contributed by atoms with Gasteiger partial charge in [0, 0.05) is 12.2 Å². The third-order valence-electron chi connectivity index (χ3n) is 3.76. The molecule has 1 atom stereocenters. The lowest BCUT2D eigenvalue weighted by atomic mass is 10.1. The summed E-state index contributed by atoms with van der Waals surface area (Å²) in [6.45, 7) is 1.87. The third-order valence-corrected chi connectivity index (χ3v) is 5.67. The number of esters is 1. The Bertz CT molecular complexity index is 826. The Morgan fingerprint density at radius 2 is 2.09 bits per heavy atom. The number of hydrogen-bond acceptors (Lipinski definition) is 4. The van der Waals surface area contributed by atoms with Crippen LogP contribution in [-0.2, 0) is 21.2 Å². The highest BCUT2D eigenvalue weighted by Gasteiger charge is 2.36. The van der Waals surface area contributed by atoms with Gasteiger partial charge in [0.05, 0.1) is 12.8 Å². The van der Waals surface area contributed by atoms with Gasteiger partial charge in [-0.1, -0.05) is 18.2 Å². The number of benzene rings is 1. The summed E-state index contributed by atoms with van der Waals surface area (Å²) in [5.41, 5.74) is 1.80. The minimum atomic E-state index is -3.73. The Morgan fingerprint density at radius 3 is 2.82 bits per heavy atom. The number of nitrogens with zero attached hydrogens (tertiary/aromatic N) is 1. The number of anilines is 1. The van der Waals surface area contributed by atoms with E-state index in [1.54, 1.807) is 6.07 Å². The van der Waals surface area contributed by atoms with E-state index in [1.807, 2.05) is 25.1 Å². The van der Waals surface area contributed by atoms with Crippen molar-refractivity contribution in [2.75, 3.05) is 11.4 Å². The highest BCUT2D eigenvalue weighted by Crippen LogP contribution is 2.36. The number of fused-ring (bicyclic) bond motifs is 1. The standard InChI is InChI=1S/C15H16N2O4S/c1-10-7-11-5-3-4-6-14(11)17(10)22(19,20)12-8-13(16-9-12)15(18)21-2/h3-6,8-10,16H,7H2,1-2H3/t10-/m0/s1. The number of carbonyl (C=O) groups is 1. The molecule has 0 radical (unpaired) electrons. The summed E-state index contributed by atoms with van der Waals surface area (Å²) in [6, 6.07) is 8.57. The van der Waals surface area contributed by atoms with Gasteiger partial charge >= 0.3 is 5.97 Å². The number of H-pyrrole nitrogens is 1. The van der Waals surface area contributed by atoms with Crippen molar-refractivity contribution >= 4 is 21.7 Å². The summed E-state index contributed by atoms with van der Waals surface area (Å²) in [4.78, 5) is 14.2. The molecule has 2 heterocycles. The van der Waals surface area contributed by atoms with E-state index in [4.69, 9.17) is 0 Å². The molecule has 6 nitrogen and oxygen atoms in total. The number of methoxy groups -OCH3 is 1. The van der Waals surface area contributed by atoms with E-state index in [1.165, 1.54) is 23.7 Å². The molecular weight excluding hydrogens is 304 g/mol. The maximum Gasteiger partial charge on any atom is 0.354 e. The number of sulfonamides is 1. The molecule has 0 saturated heterocycles. The van der Waals surface area contributed by atoms with Crippen LogP contribution in [0.5, 0.6) is 0 Å². The van der Waals surface area contributed by atoms with E-state index < -0.39 is 16.0 Å². The van der Waals surface area contributed by atoms with Crippen molar-refractivity contribution in [3.63, 3.8) is 0 Å². The van der Waals surface area contributed by atoms with Crippen LogP contribution in [0.3, 0.4) is 0 Å². The fourth-order valence-corrected chi connectivity index (χ4v) is 4.46. The van der Waals surface area contributed by atoms with Crippen molar-refractivity contribution in [1.29, 1.82) is 0 Å². The second-order valence-electron chi connectivity index (χ2n) is 5.22. The highest BCUT2D eigenvalue weighted by molar-refractivity contribution is 7.92. The molecule has 1 N–H and O–H groups in total. The fourth-order valence-electron chi connectivity index (χ4n) is 2.77. The molecule has 0 spiro atoms. The zero-order chi connectivity index (χ0) is 15.9. The first-order valence-electron chi connectivity index (χ1n) is 6.84. The average molecular weight is 320 g/mol. The van der Waals surface area contributed by atoms with Gasteiger partial charge < -0.3 is 9.72 Å². The summed E-state index contributed by atoms with van der Waals surface area (Å²) >= 11 is 0. The fraction of sp³-hybridized carbons (Fsp3) is 0.267. The van der Waals surface area contributed by atoms with Gasteiger partial charge in [0.1, 0.15) is 10.6 Å². The summed E-state index contributed by atoms with van der Waals surface area (Å²) in [6.07, 6.45) is 1.99. The topological polar surface area (TPSA) is 79.5 Å². The Labute approximate surface area is 128 Å². The maximum absolute atomic E-state index is 12.9. The van der Waals surface area contributed by atoms with Crippen LogP contribution < -0.4 is 4.31 Å². The van der Waals surface area contributed by atoms with E-state index in [2.05, 4.69) is 9.72 Å². The minimum Gasteiger partial charge on any atom is -0.464 e. The van der Waals surface area contributed by atoms with Gasteiger partial charge in [-0.3, -0.25) is 4.31 Å².